The molecule has 298 valence electrons. The van der Waals surface area contributed by atoms with Crippen LogP contribution in [0, 0.1) is 30.1 Å². The second kappa shape index (κ2) is 21.2. The summed E-state index contributed by atoms with van der Waals surface area (Å²) < 4.78 is 74.5. The molecule has 0 unspecified atom stereocenters. The molecule has 0 spiro atoms. The summed E-state index contributed by atoms with van der Waals surface area (Å²) in [4.78, 5) is 0.139. The lowest BCUT2D eigenvalue weighted by atomic mass is 9.52. The van der Waals surface area contributed by atoms with Crippen molar-refractivity contribution < 1.29 is 50.5 Å². The number of hydrogen-bond donors (Lipinski definition) is 0. The fourth-order valence-corrected chi connectivity index (χ4v) is 9.88. The average Bonchev–Trinajstić information content (AvgIpc) is 3.49. The number of fused-ring (bicyclic) bond motifs is 5. The van der Waals surface area contributed by atoms with E-state index in [4.69, 9.17) is 42.1 Å². The molecule has 11 nitrogen and oxygen atoms in total. The molecular formula is C41H62O11S. The highest BCUT2D eigenvalue weighted by atomic mass is 32.2. The average molecular weight is 763 g/mol. The van der Waals surface area contributed by atoms with E-state index < -0.39 is 10.1 Å². The largest absolute Gasteiger partial charge is 0.468 e. The number of ether oxygens (including phenoxy) is 8. The number of aryl methyl sites for hydroxylation is 1. The molecule has 2 fully saturated rings. The Hall–Kier alpha value is -2.13. The van der Waals surface area contributed by atoms with Crippen molar-refractivity contribution >= 4 is 10.1 Å². The van der Waals surface area contributed by atoms with Gasteiger partial charge in [-0.25, -0.2) is 0 Å². The van der Waals surface area contributed by atoms with E-state index in [1.807, 2.05) is 6.92 Å². The molecule has 6 atom stereocenters. The third-order valence-electron chi connectivity index (χ3n) is 11.5. The molecule has 0 heterocycles. The molecule has 0 saturated heterocycles. The van der Waals surface area contributed by atoms with Gasteiger partial charge in [-0.2, -0.15) is 8.42 Å². The van der Waals surface area contributed by atoms with Crippen LogP contribution >= 0.6 is 0 Å². The molecule has 2 saturated carbocycles. The first-order valence-corrected chi connectivity index (χ1v) is 20.8. The van der Waals surface area contributed by atoms with Crippen LogP contribution < -0.4 is 4.74 Å². The Labute approximate surface area is 317 Å². The van der Waals surface area contributed by atoms with E-state index in [9.17, 15) is 8.42 Å². The molecule has 2 aromatic rings. The molecule has 0 radical (unpaired) electrons. The van der Waals surface area contributed by atoms with E-state index >= 15 is 0 Å². The maximum absolute atomic E-state index is 12.2. The highest BCUT2D eigenvalue weighted by Crippen LogP contribution is 2.63. The van der Waals surface area contributed by atoms with Crippen molar-refractivity contribution in [1.29, 1.82) is 0 Å². The van der Waals surface area contributed by atoms with E-state index in [-0.39, 0.29) is 36.4 Å². The molecule has 3 aliphatic carbocycles. The van der Waals surface area contributed by atoms with Gasteiger partial charge in [0.25, 0.3) is 10.1 Å². The zero-order valence-corrected chi connectivity index (χ0v) is 33.1. The summed E-state index contributed by atoms with van der Waals surface area (Å²) in [6, 6.07) is 13.2. The molecule has 0 aromatic heterocycles. The van der Waals surface area contributed by atoms with Gasteiger partial charge < -0.3 is 37.9 Å². The molecular weight excluding hydrogens is 701 g/mol. The van der Waals surface area contributed by atoms with Crippen LogP contribution in [0.5, 0.6) is 5.75 Å². The van der Waals surface area contributed by atoms with Crippen LogP contribution in [0.1, 0.15) is 74.5 Å². The van der Waals surface area contributed by atoms with Crippen LogP contribution in [0.3, 0.4) is 0 Å². The topological polar surface area (TPSA) is 117 Å². The standard InChI is InChI=1S/C41H62O11S/c1-31-8-11-35(12-9-31)53(42,43)52-26-25-49-24-23-48-22-21-47-20-19-46-18-6-5-7-32-27-33-28-34(50-29-44-3)10-13-36(33)37-16-17-41(2)38(40(32)37)14-15-39(41)51-30-45-4/h8-13,28,32,37-40H,5-7,14-27,29-30H2,1-4H3/t32-,37-,38+,39+,40-,41+/m1/s1. The third kappa shape index (κ3) is 11.7. The first kappa shape index (κ1) is 42.0. The molecule has 12 heteroatoms. The minimum Gasteiger partial charge on any atom is -0.468 e. The maximum Gasteiger partial charge on any atom is 0.297 e. The quantitative estimate of drug-likeness (QED) is 0.0612. The van der Waals surface area contributed by atoms with E-state index in [0.29, 0.717) is 70.1 Å². The summed E-state index contributed by atoms with van der Waals surface area (Å²) in [7, 11) is -0.408. The van der Waals surface area contributed by atoms with Crippen molar-refractivity contribution in [1.82, 2.24) is 0 Å². The van der Waals surface area contributed by atoms with Gasteiger partial charge in [-0.1, -0.05) is 37.1 Å². The van der Waals surface area contributed by atoms with Crippen molar-refractivity contribution in [2.45, 2.75) is 82.1 Å². The van der Waals surface area contributed by atoms with Crippen molar-refractivity contribution in [2.75, 3.05) is 87.3 Å². The van der Waals surface area contributed by atoms with Crippen LogP contribution in [0.2, 0.25) is 0 Å². The highest BCUT2D eigenvalue weighted by molar-refractivity contribution is 7.86. The van der Waals surface area contributed by atoms with Gasteiger partial charge in [-0.15, -0.1) is 0 Å². The SMILES string of the molecule is COCOc1ccc2c(c1)C[C@@H](CCCCOCCOCCOCCOCCOS(=O)(=O)c1ccc(C)cc1)[C@@H]1[C@@H]2CC[C@]2(C)[C@@H](OCOC)CC[C@@H]12. The lowest BCUT2D eigenvalue weighted by Crippen LogP contribution is -2.47. The fourth-order valence-electron chi connectivity index (χ4n) is 8.99. The molecule has 3 aliphatic rings. The Kier molecular flexibility index (Phi) is 16.8. The summed E-state index contributed by atoms with van der Waals surface area (Å²) in [5.41, 5.74) is 4.15. The Bertz CT molecular complexity index is 1470. The van der Waals surface area contributed by atoms with Crippen LogP contribution in [0.25, 0.3) is 0 Å². The van der Waals surface area contributed by atoms with Gasteiger partial charge in [0.05, 0.1) is 63.9 Å². The van der Waals surface area contributed by atoms with E-state index in [1.165, 1.54) is 48.9 Å². The van der Waals surface area contributed by atoms with Gasteiger partial charge >= 0.3 is 0 Å². The third-order valence-corrected chi connectivity index (χ3v) is 12.8. The summed E-state index contributed by atoms with van der Waals surface area (Å²) in [6.45, 7) is 8.60. The fraction of sp³-hybridized carbons (Fsp3) is 0.707. The highest BCUT2D eigenvalue weighted by Gasteiger charge is 2.57. The molecule has 0 aliphatic heterocycles. The Balaban J connectivity index is 0.945. The van der Waals surface area contributed by atoms with Crippen LogP contribution in [0.4, 0.5) is 0 Å². The summed E-state index contributed by atoms with van der Waals surface area (Å²) in [5, 5.41) is 0. The lowest BCUT2D eigenvalue weighted by Gasteiger charge is -2.53. The number of unbranched alkanes of at least 4 members (excludes halogenated alkanes) is 1. The van der Waals surface area contributed by atoms with Crippen LogP contribution in [-0.4, -0.2) is 102 Å². The van der Waals surface area contributed by atoms with Gasteiger partial charge in [0, 0.05) is 20.8 Å². The smallest absolute Gasteiger partial charge is 0.297 e. The lowest BCUT2D eigenvalue weighted by molar-refractivity contribution is -0.128. The number of methoxy groups -OCH3 is 2. The minimum atomic E-state index is -3.78. The second-order valence-corrected chi connectivity index (χ2v) is 16.5. The molecule has 2 aromatic carbocycles. The first-order chi connectivity index (χ1) is 25.8. The van der Waals surface area contributed by atoms with Crippen molar-refractivity contribution in [3.63, 3.8) is 0 Å². The van der Waals surface area contributed by atoms with Crippen molar-refractivity contribution in [3.05, 3.63) is 59.2 Å². The second-order valence-electron chi connectivity index (χ2n) is 14.9. The van der Waals surface area contributed by atoms with Gasteiger partial charge in [0.15, 0.2) is 6.79 Å². The first-order valence-electron chi connectivity index (χ1n) is 19.4. The van der Waals surface area contributed by atoms with Gasteiger partial charge in [0.2, 0.25) is 0 Å². The van der Waals surface area contributed by atoms with Crippen molar-refractivity contribution in [3.8, 4) is 5.75 Å². The zero-order valence-electron chi connectivity index (χ0n) is 32.3. The molecule has 0 amide bonds. The number of benzene rings is 2. The van der Waals surface area contributed by atoms with Gasteiger partial charge in [0.1, 0.15) is 12.5 Å². The monoisotopic (exact) mass is 762 g/mol. The Morgan fingerprint density at radius 3 is 2.09 bits per heavy atom. The predicted molar refractivity (Wildman–Crippen MR) is 201 cm³/mol. The molecule has 53 heavy (non-hydrogen) atoms. The van der Waals surface area contributed by atoms with Crippen LogP contribution in [-0.2, 0) is 53.9 Å². The van der Waals surface area contributed by atoms with E-state index in [1.54, 1.807) is 26.4 Å². The Morgan fingerprint density at radius 2 is 1.42 bits per heavy atom. The van der Waals surface area contributed by atoms with Gasteiger partial charge in [-0.3, -0.25) is 4.18 Å². The normalized spacial score (nSPS) is 25.2. The van der Waals surface area contributed by atoms with E-state index in [2.05, 4.69) is 25.1 Å². The molecule has 5 rings (SSSR count). The summed E-state index contributed by atoms with van der Waals surface area (Å²) in [6.07, 6.45) is 9.47. The predicted octanol–water partition coefficient (Wildman–Crippen LogP) is 6.69. The minimum absolute atomic E-state index is 0.0480. The Morgan fingerprint density at radius 1 is 0.755 bits per heavy atom. The summed E-state index contributed by atoms with van der Waals surface area (Å²) >= 11 is 0. The molecule has 0 bridgehead atoms. The van der Waals surface area contributed by atoms with Gasteiger partial charge in [-0.05, 0) is 116 Å². The number of hydrogen-bond acceptors (Lipinski definition) is 11. The van der Waals surface area contributed by atoms with E-state index in [0.717, 1.165) is 43.6 Å². The maximum atomic E-state index is 12.2. The van der Waals surface area contributed by atoms with Crippen molar-refractivity contribution in [2.24, 2.45) is 23.2 Å². The summed E-state index contributed by atoms with van der Waals surface area (Å²) in [5.74, 6) is 3.42. The number of rotatable bonds is 25. The molecule has 0 N–H and O–H groups in total. The zero-order chi connectivity index (χ0) is 37.5. The van der Waals surface area contributed by atoms with Crippen LogP contribution in [0.15, 0.2) is 47.4 Å².